The van der Waals surface area contributed by atoms with E-state index >= 15 is 0 Å². The molecule has 6 heteroatoms. The van der Waals surface area contributed by atoms with Gasteiger partial charge in [0.2, 0.25) is 5.91 Å². The lowest BCUT2D eigenvalue weighted by molar-refractivity contribution is -0.149. The van der Waals surface area contributed by atoms with Gasteiger partial charge in [0.05, 0.1) is 18.3 Å². The molecule has 2 aromatic rings. The molecule has 1 saturated heterocycles. The average molecular weight is 356 g/mol. The number of nitrogens with zero attached hydrogens (tertiary/aromatic N) is 4. The molecule has 1 aromatic heterocycles. The second-order valence-electron chi connectivity index (χ2n) is 7.22. The van der Waals surface area contributed by atoms with Gasteiger partial charge in [-0.15, -0.1) is 0 Å². The van der Waals surface area contributed by atoms with Gasteiger partial charge in [0.25, 0.3) is 0 Å². The summed E-state index contributed by atoms with van der Waals surface area (Å²) in [5.41, 5.74) is 1.52. The van der Waals surface area contributed by atoms with Crippen LogP contribution in [-0.4, -0.2) is 57.8 Å². The van der Waals surface area contributed by atoms with E-state index in [4.69, 9.17) is 4.74 Å². The van der Waals surface area contributed by atoms with E-state index in [9.17, 15) is 4.79 Å². The Bertz CT molecular complexity index is 755. The zero-order chi connectivity index (χ0) is 18.7. The highest BCUT2D eigenvalue weighted by Gasteiger charge is 2.41. The monoisotopic (exact) mass is 356 g/mol. The van der Waals surface area contributed by atoms with Crippen LogP contribution in [0, 0.1) is 0 Å². The Kier molecular flexibility index (Phi) is 5.32. The van der Waals surface area contributed by atoms with Gasteiger partial charge in [0, 0.05) is 50.2 Å². The first-order valence-corrected chi connectivity index (χ1v) is 9.18. The minimum atomic E-state index is -0.515. The third-order valence-corrected chi connectivity index (χ3v) is 5.14. The lowest BCUT2D eigenvalue weighted by Crippen LogP contribution is -2.62. The molecule has 1 amide bonds. The van der Waals surface area contributed by atoms with Crippen molar-refractivity contribution in [2.75, 3.05) is 26.7 Å². The number of methoxy groups -OCH3 is 1. The van der Waals surface area contributed by atoms with Gasteiger partial charge in [0.15, 0.2) is 0 Å². The van der Waals surface area contributed by atoms with Crippen molar-refractivity contribution in [2.24, 2.45) is 0 Å². The van der Waals surface area contributed by atoms with Gasteiger partial charge in [0.1, 0.15) is 5.75 Å². The van der Waals surface area contributed by atoms with E-state index in [0.717, 1.165) is 43.1 Å². The van der Waals surface area contributed by atoms with Gasteiger partial charge in [-0.3, -0.25) is 9.69 Å². The first-order valence-electron chi connectivity index (χ1n) is 9.18. The summed E-state index contributed by atoms with van der Waals surface area (Å²) < 4.78 is 7.43. The predicted octanol–water partition coefficient (Wildman–Crippen LogP) is 2.71. The Morgan fingerprint density at radius 3 is 2.73 bits per heavy atom. The Morgan fingerprint density at radius 1 is 1.27 bits per heavy atom. The highest BCUT2D eigenvalue weighted by molar-refractivity contribution is 5.86. The quantitative estimate of drug-likeness (QED) is 0.799. The summed E-state index contributed by atoms with van der Waals surface area (Å²) in [7, 11) is 1.68. The van der Waals surface area contributed by atoms with E-state index in [0.29, 0.717) is 6.54 Å². The lowest BCUT2D eigenvalue weighted by Gasteiger charge is -2.46. The Hall–Kier alpha value is -2.34. The van der Waals surface area contributed by atoms with Crippen molar-refractivity contribution in [3.8, 4) is 11.4 Å². The summed E-state index contributed by atoms with van der Waals surface area (Å²) in [5.74, 6) is 1.02. The highest BCUT2D eigenvalue weighted by atomic mass is 16.5. The molecule has 6 nitrogen and oxygen atoms in total. The maximum absolute atomic E-state index is 12.8. The molecule has 1 fully saturated rings. The van der Waals surface area contributed by atoms with Crippen molar-refractivity contribution in [3.05, 3.63) is 42.2 Å². The van der Waals surface area contributed by atoms with Gasteiger partial charge >= 0.3 is 0 Å². The standard InChI is InChI=1S/C20H28N4O2/c1-5-10-22-12-13-23(20(2,3)19(22)25)15-16-7-8-17(14-18(16)26-4)24-11-6-9-21-24/h6-9,11,14H,5,10,12-13,15H2,1-4H3. The molecule has 3 rings (SSSR count). The van der Waals surface area contributed by atoms with Crippen LogP contribution >= 0.6 is 0 Å². The summed E-state index contributed by atoms with van der Waals surface area (Å²) in [6.45, 7) is 9.30. The first-order chi connectivity index (χ1) is 12.5. The minimum absolute atomic E-state index is 0.206. The summed E-state index contributed by atoms with van der Waals surface area (Å²) in [5, 5.41) is 4.27. The third-order valence-electron chi connectivity index (χ3n) is 5.14. The number of hydrogen-bond acceptors (Lipinski definition) is 4. The van der Waals surface area contributed by atoms with E-state index < -0.39 is 5.54 Å². The average Bonchev–Trinajstić information content (AvgIpc) is 3.16. The molecule has 140 valence electrons. The Morgan fingerprint density at radius 2 is 2.08 bits per heavy atom. The summed E-state index contributed by atoms with van der Waals surface area (Å²) in [6.07, 6.45) is 4.65. The molecule has 26 heavy (non-hydrogen) atoms. The highest BCUT2D eigenvalue weighted by Crippen LogP contribution is 2.29. The van der Waals surface area contributed by atoms with Crippen LogP contribution < -0.4 is 4.74 Å². The minimum Gasteiger partial charge on any atom is -0.496 e. The fourth-order valence-corrected chi connectivity index (χ4v) is 3.54. The van der Waals surface area contributed by atoms with Crippen molar-refractivity contribution in [2.45, 2.75) is 39.3 Å². The summed E-state index contributed by atoms with van der Waals surface area (Å²) in [6, 6.07) is 7.98. The zero-order valence-electron chi connectivity index (χ0n) is 16.1. The van der Waals surface area contributed by atoms with Gasteiger partial charge in [-0.2, -0.15) is 5.10 Å². The van der Waals surface area contributed by atoms with Crippen molar-refractivity contribution in [1.29, 1.82) is 0 Å². The first kappa shape index (κ1) is 18.5. The normalized spacial score (nSPS) is 17.5. The third kappa shape index (κ3) is 3.46. The number of benzene rings is 1. The maximum atomic E-state index is 12.8. The molecule has 0 N–H and O–H groups in total. The van der Waals surface area contributed by atoms with E-state index in [1.165, 1.54) is 0 Å². The van der Waals surface area contributed by atoms with Crippen LogP contribution in [0.2, 0.25) is 0 Å². The topological polar surface area (TPSA) is 50.6 Å². The molecule has 0 saturated carbocycles. The molecule has 0 bridgehead atoms. The number of hydrogen-bond donors (Lipinski definition) is 0. The number of amides is 1. The van der Waals surface area contributed by atoms with Crippen LogP contribution in [-0.2, 0) is 11.3 Å². The van der Waals surface area contributed by atoms with Crippen molar-refractivity contribution in [1.82, 2.24) is 19.6 Å². The fraction of sp³-hybridized carbons (Fsp3) is 0.500. The number of aromatic nitrogens is 2. The van der Waals surface area contributed by atoms with Crippen LogP contribution in [0.1, 0.15) is 32.8 Å². The molecule has 1 aliphatic heterocycles. The number of carbonyl (C=O) groups excluding carboxylic acids is 1. The van der Waals surface area contributed by atoms with Crippen molar-refractivity contribution < 1.29 is 9.53 Å². The molecule has 2 heterocycles. The molecule has 0 spiro atoms. The molecule has 1 aromatic carbocycles. The van der Waals surface area contributed by atoms with Crippen LogP contribution in [0.25, 0.3) is 5.69 Å². The van der Waals surface area contributed by atoms with Gasteiger partial charge in [-0.25, -0.2) is 4.68 Å². The fourth-order valence-electron chi connectivity index (χ4n) is 3.54. The van der Waals surface area contributed by atoms with Crippen LogP contribution in [0.15, 0.2) is 36.7 Å². The Labute approximate surface area is 155 Å². The second-order valence-corrected chi connectivity index (χ2v) is 7.22. The summed E-state index contributed by atoms with van der Waals surface area (Å²) >= 11 is 0. The molecule has 0 unspecified atom stereocenters. The molecule has 1 aliphatic rings. The zero-order valence-corrected chi connectivity index (χ0v) is 16.1. The number of carbonyl (C=O) groups is 1. The van der Waals surface area contributed by atoms with E-state index in [1.54, 1.807) is 13.3 Å². The summed E-state index contributed by atoms with van der Waals surface area (Å²) in [4.78, 5) is 17.1. The smallest absolute Gasteiger partial charge is 0.242 e. The molecular weight excluding hydrogens is 328 g/mol. The molecular formula is C20H28N4O2. The maximum Gasteiger partial charge on any atom is 0.242 e. The van der Waals surface area contributed by atoms with Crippen LogP contribution in [0.5, 0.6) is 5.75 Å². The molecule has 0 aliphatic carbocycles. The largest absolute Gasteiger partial charge is 0.496 e. The van der Waals surface area contributed by atoms with Crippen LogP contribution in [0.4, 0.5) is 0 Å². The van der Waals surface area contributed by atoms with Gasteiger partial charge in [-0.1, -0.05) is 13.0 Å². The van der Waals surface area contributed by atoms with E-state index in [1.807, 2.05) is 47.8 Å². The Balaban J connectivity index is 1.81. The van der Waals surface area contributed by atoms with Crippen molar-refractivity contribution >= 4 is 5.91 Å². The van der Waals surface area contributed by atoms with Crippen molar-refractivity contribution in [3.63, 3.8) is 0 Å². The van der Waals surface area contributed by atoms with Gasteiger partial charge < -0.3 is 9.64 Å². The SMILES string of the molecule is CCCN1CCN(Cc2ccc(-n3cccn3)cc2OC)C(C)(C)C1=O. The predicted molar refractivity (Wildman–Crippen MR) is 101 cm³/mol. The van der Waals surface area contributed by atoms with E-state index in [-0.39, 0.29) is 5.91 Å². The van der Waals surface area contributed by atoms with Crippen LogP contribution in [0.3, 0.4) is 0 Å². The van der Waals surface area contributed by atoms with Gasteiger partial charge in [-0.05, 0) is 32.4 Å². The molecule has 0 radical (unpaired) electrons. The van der Waals surface area contributed by atoms with E-state index in [2.05, 4.69) is 23.0 Å². The molecule has 0 atom stereocenters. The number of ether oxygens (including phenoxy) is 1. The number of rotatable bonds is 6. The second kappa shape index (κ2) is 7.50. The lowest BCUT2D eigenvalue weighted by atomic mass is 9.96. The number of piperazine rings is 1.